The number of hydrogen-bond donors (Lipinski definition) is 1. The highest BCUT2D eigenvalue weighted by molar-refractivity contribution is 7.99. The molecule has 1 rings (SSSR count). The van der Waals surface area contributed by atoms with Gasteiger partial charge in [-0.1, -0.05) is 0 Å². The molecule has 76 valence electrons. The highest BCUT2D eigenvalue weighted by Crippen LogP contribution is 2.06. The van der Waals surface area contributed by atoms with E-state index >= 15 is 0 Å². The predicted molar refractivity (Wildman–Crippen MR) is 57.0 cm³/mol. The number of nitrogens with one attached hydrogen (secondary N) is 1. The lowest BCUT2D eigenvalue weighted by molar-refractivity contribution is -0.130. The van der Waals surface area contributed by atoms with Gasteiger partial charge in [0.15, 0.2) is 0 Å². The van der Waals surface area contributed by atoms with E-state index in [0.29, 0.717) is 17.8 Å². The number of carbonyl (C=O) groups excluding carboxylic acids is 1. The van der Waals surface area contributed by atoms with Gasteiger partial charge in [0.25, 0.3) is 0 Å². The molecule has 1 aliphatic rings. The summed E-state index contributed by atoms with van der Waals surface area (Å²) in [7, 11) is 0. The van der Waals surface area contributed by atoms with E-state index in [9.17, 15) is 4.79 Å². The Kier molecular flexibility index (Phi) is 4.06. The zero-order valence-electron chi connectivity index (χ0n) is 8.54. The fraction of sp³-hybridized carbons (Fsp3) is 0.889. The molecule has 0 aromatic rings. The van der Waals surface area contributed by atoms with E-state index in [-0.39, 0.29) is 5.91 Å². The van der Waals surface area contributed by atoms with Crippen LogP contribution in [0, 0.1) is 0 Å². The molecule has 1 fully saturated rings. The molecule has 0 aliphatic carbocycles. The van der Waals surface area contributed by atoms with E-state index in [1.54, 1.807) is 11.8 Å². The molecule has 0 radical (unpaired) electrons. The van der Waals surface area contributed by atoms with E-state index in [1.807, 2.05) is 11.2 Å². The maximum Gasteiger partial charge on any atom is 0.232 e. The summed E-state index contributed by atoms with van der Waals surface area (Å²) >= 11 is 1.59. The van der Waals surface area contributed by atoms with E-state index in [2.05, 4.69) is 19.2 Å². The van der Waals surface area contributed by atoms with Gasteiger partial charge in [-0.05, 0) is 20.1 Å². The molecule has 0 saturated carbocycles. The van der Waals surface area contributed by atoms with Gasteiger partial charge in [0, 0.05) is 25.2 Å². The molecule has 4 heteroatoms. The maximum absolute atomic E-state index is 11.6. The Bertz CT molecular complexity index is 176. The Balaban J connectivity index is 2.45. The first-order valence-electron chi connectivity index (χ1n) is 4.66. The average molecular weight is 202 g/mol. The van der Waals surface area contributed by atoms with Crippen LogP contribution < -0.4 is 5.32 Å². The van der Waals surface area contributed by atoms with E-state index in [1.165, 1.54) is 0 Å². The van der Waals surface area contributed by atoms with Crippen LogP contribution in [-0.2, 0) is 4.79 Å². The van der Waals surface area contributed by atoms with Crippen LogP contribution in [0.15, 0.2) is 0 Å². The molecule has 0 bridgehead atoms. The highest BCUT2D eigenvalue weighted by Gasteiger charge is 2.23. The number of rotatable bonds is 2. The van der Waals surface area contributed by atoms with Gasteiger partial charge < -0.3 is 10.2 Å². The SMILES string of the molecule is CSCC(=O)N1CC(C)NC(C)C1. The molecule has 2 unspecified atom stereocenters. The minimum absolute atomic E-state index is 0.271. The van der Waals surface area contributed by atoms with Gasteiger partial charge in [-0.25, -0.2) is 0 Å². The zero-order chi connectivity index (χ0) is 9.84. The van der Waals surface area contributed by atoms with Gasteiger partial charge in [-0.2, -0.15) is 11.8 Å². The number of hydrogen-bond acceptors (Lipinski definition) is 3. The van der Waals surface area contributed by atoms with Crippen molar-refractivity contribution in [1.82, 2.24) is 10.2 Å². The summed E-state index contributed by atoms with van der Waals surface area (Å²) < 4.78 is 0. The second-order valence-corrected chi connectivity index (χ2v) is 4.57. The molecule has 2 atom stereocenters. The first-order chi connectivity index (χ1) is 6.13. The third kappa shape index (κ3) is 3.19. The monoisotopic (exact) mass is 202 g/mol. The van der Waals surface area contributed by atoms with Crippen LogP contribution in [0.4, 0.5) is 0 Å². The topological polar surface area (TPSA) is 32.3 Å². The summed E-state index contributed by atoms with van der Waals surface area (Å²) in [5.74, 6) is 0.882. The van der Waals surface area contributed by atoms with Crippen LogP contribution in [0.5, 0.6) is 0 Å². The van der Waals surface area contributed by atoms with Crippen molar-refractivity contribution in [1.29, 1.82) is 0 Å². The molecule has 1 amide bonds. The van der Waals surface area contributed by atoms with Crippen molar-refractivity contribution in [2.24, 2.45) is 0 Å². The van der Waals surface area contributed by atoms with Crippen molar-refractivity contribution in [2.75, 3.05) is 25.1 Å². The standard InChI is InChI=1S/C9H18N2OS/c1-7-4-11(5-8(2)10-7)9(12)6-13-3/h7-8,10H,4-6H2,1-3H3. The Labute approximate surface area is 84.2 Å². The quantitative estimate of drug-likeness (QED) is 0.710. The number of amides is 1. The molecule has 0 aromatic carbocycles. The van der Waals surface area contributed by atoms with Crippen molar-refractivity contribution >= 4 is 17.7 Å². The molecule has 0 aromatic heterocycles. The van der Waals surface area contributed by atoms with Gasteiger partial charge in [-0.15, -0.1) is 0 Å². The summed E-state index contributed by atoms with van der Waals surface area (Å²) in [6.07, 6.45) is 1.97. The van der Waals surface area contributed by atoms with Crippen LogP contribution >= 0.6 is 11.8 Å². The van der Waals surface area contributed by atoms with Crippen molar-refractivity contribution in [3.63, 3.8) is 0 Å². The Morgan fingerprint density at radius 1 is 1.46 bits per heavy atom. The molecule has 3 nitrogen and oxygen atoms in total. The highest BCUT2D eigenvalue weighted by atomic mass is 32.2. The van der Waals surface area contributed by atoms with Gasteiger partial charge in [-0.3, -0.25) is 4.79 Å². The molecule has 1 aliphatic heterocycles. The van der Waals surface area contributed by atoms with Gasteiger partial charge in [0.05, 0.1) is 5.75 Å². The summed E-state index contributed by atoms with van der Waals surface area (Å²) in [6, 6.07) is 0.851. The van der Waals surface area contributed by atoms with Crippen LogP contribution in [-0.4, -0.2) is 48.0 Å². The lowest BCUT2D eigenvalue weighted by Crippen LogP contribution is -2.56. The van der Waals surface area contributed by atoms with E-state index in [4.69, 9.17) is 0 Å². The maximum atomic E-state index is 11.6. The smallest absolute Gasteiger partial charge is 0.232 e. The zero-order valence-corrected chi connectivity index (χ0v) is 9.36. The van der Waals surface area contributed by atoms with E-state index in [0.717, 1.165) is 13.1 Å². The third-order valence-electron chi connectivity index (χ3n) is 2.18. The largest absolute Gasteiger partial charge is 0.339 e. The molecule has 1 heterocycles. The second-order valence-electron chi connectivity index (χ2n) is 3.70. The predicted octanol–water partition coefficient (Wildman–Crippen LogP) is 0.558. The van der Waals surface area contributed by atoms with Crippen LogP contribution in [0.3, 0.4) is 0 Å². The number of piperazine rings is 1. The number of nitrogens with zero attached hydrogens (tertiary/aromatic N) is 1. The normalized spacial score (nSPS) is 29.0. The van der Waals surface area contributed by atoms with Gasteiger partial charge >= 0.3 is 0 Å². The van der Waals surface area contributed by atoms with E-state index < -0.39 is 0 Å². The molecule has 13 heavy (non-hydrogen) atoms. The Hall–Kier alpha value is -0.220. The Morgan fingerprint density at radius 3 is 2.46 bits per heavy atom. The lowest BCUT2D eigenvalue weighted by Gasteiger charge is -2.36. The third-order valence-corrected chi connectivity index (χ3v) is 2.71. The van der Waals surface area contributed by atoms with Crippen molar-refractivity contribution in [2.45, 2.75) is 25.9 Å². The molecule has 1 N–H and O–H groups in total. The van der Waals surface area contributed by atoms with Crippen molar-refractivity contribution in [3.05, 3.63) is 0 Å². The molecular weight excluding hydrogens is 184 g/mol. The fourth-order valence-corrected chi connectivity index (χ4v) is 2.17. The van der Waals surface area contributed by atoms with Crippen LogP contribution in [0.25, 0.3) is 0 Å². The summed E-state index contributed by atoms with van der Waals surface area (Å²) in [4.78, 5) is 13.5. The second kappa shape index (κ2) is 4.86. The summed E-state index contributed by atoms with van der Waals surface area (Å²) in [5.41, 5.74) is 0. The summed E-state index contributed by atoms with van der Waals surface area (Å²) in [6.45, 7) is 5.94. The average Bonchev–Trinajstić information content (AvgIpc) is 2.03. The fourth-order valence-electron chi connectivity index (χ4n) is 1.75. The Morgan fingerprint density at radius 2 is 2.00 bits per heavy atom. The summed E-state index contributed by atoms with van der Waals surface area (Å²) in [5, 5.41) is 3.41. The van der Waals surface area contributed by atoms with Crippen molar-refractivity contribution in [3.8, 4) is 0 Å². The minimum atomic E-state index is 0.271. The van der Waals surface area contributed by atoms with Gasteiger partial charge in [0.1, 0.15) is 0 Å². The minimum Gasteiger partial charge on any atom is -0.339 e. The molecule has 1 saturated heterocycles. The van der Waals surface area contributed by atoms with Gasteiger partial charge in [0.2, 0.25) is 5.91 Å². The molecule has 0 spiro atoms. The van der Waals surface area contributed by atoms with Crippen LogP contribution in [0.1, 0.15) is 13.8 Å². The van der Waals surface area contributed by atoms with Crippen LogP contribution in [0.2, 0.25) is 0 Å². The first-order valence-corrected chi connectivity index (χ1v) is 6.05. The number of thioether (sulfide) groups is 1. The van der Waals surface area contributed by atoms with Crippen molar-refractivity contribution < 1.29 is 4.79 Å². The molecular formula is C9H18N2OS. The number of carbonyl (C=O) groups is 1. The first kappa shape index (κ1) is 10.9. The lowest BCUT2D eigenvalue weighted by atomic mass is 10.1.